The van der Waals surface area contributed by atoms with Gasteiger partial charge in [-0.3, -0.25) is 0 Å². The van der Waals surface area contributed by atoms with Gasteiger partial charge in [-0.15, -0.1) is 0 Å². The van der Waals surface area contributed by atoms with Crippen LogP contribution in [0.2, 0.25) is 10.0 Å². The van der Waals surface area contributed by atoms with E-state index in [4.69, 9.17) is 60.7 Å². The monoisotopic (exact) mass is 489 g/mol. The highest BCUT2D eigenvalue weighted by molar-refractivity contribution is 6.55. The number of hydrogen-bond donors (Lipinski definition) is 0. The van der Waals surface area contributed by atoms with Gasteiger partial charge in [0.1, 0.15) is 29.6 Å². The fourth-order valence-electron chi connectivity index (χ4n) is 2.25. The van der Waals surface area contributed by atoms with Gasteiger partial charge in [-0.05, 0) is 37.5 Å². The summed E-state index contributed by atoms with van der Waals surface area (Å²) in [5.41, 5.74) is 2.75. The fourth-order valence-corrected chi connectivity index (χ4v) is 2.95. The molecule has 0 saturated heterocycles. The van der Waals surface area contributed by atoms with Crippen molar-refractivity contribution in [2.75, 3.05) is 6.61 Å². The van der Waals surface area contributed by atoms with Gasteiger partial charge in [0.05, 0.1) is 15.8 Å². The molecule has 162 valence electrons. The Hall–Kier alpha value is -1.59. The van der Waals surface area contributed by atoms with Crippen LogP contribution in [0.5, 0.6) is 11.5 Å². The lowest BCUT2D eigenvalue weighted by Crippen LogP contribution is -2.05. The van der Waals surface area contributed by atoms with Crippen molar-refractivity contribution in [1.82, 2.24) is 0 Å². The summed E-state index contributed by atoms with van der Waals surface area (Å²) in [6.07, 6.45) is 2.51. The van der Waals surface area contributed by atoms with E-state index < -0.39 is 0 Å². The predicted molar refractivity (Wildman–Crippen MR) is 126 cm³/mol. The summed E-state index contributed by atoms with van der Waals surface area (Å²) in [7, 11) is 0. The first kappa shape index (κ1) is 24.7. The Labute approximate surface area is 197 Å². The molecule has 0 aliphatic carbocycles. The van der Waals surface area contributed by atoms with Gasteiger partial charge in [-0.2, -0.15) is 0 Å². The molecule has 0 fully saturated rings. The van der Waals surface area contributed by atoms with Crippen molar-refractivity contribution in [3.05, 3.63) is 68.1 Å². The number of rotatable bonds is 10. The third kappa shape index (κ3) is 7.92. The Morgan fingerprint density at radius 1 is 1.07 bits per heavy atom. The first-order chi connectivity index (χ1) is 14.3. The maximum Gasteiger partial charge on any atom is 0.157 e. The Bertz CT molecular complexity index is 871. The lowest BCUT2D eigenvalue weighted by atomic mass is 10.1. The van der Waals surface area contributed by atoms with Gasteiger partial charge in [0, 0.05) is 12.1 Å². The Kier molecular flexibility index (Phi) is 10.1. The van der Waals surface area contributed by atoms with E-state index in [0.29, 0.717) is 28.2 Å². The van der Waals surface area contributed by atoms with E-state index in [1.54, 1.807) is 12.1 Å². The van der Waals surface area contributed by atoms with E-state index in [9.17, 15) is 0 Å². The van der Waals surface area contributed by atoms with Crippen molar-refractivity contribution in [1.29, 1.82) is 0 Å². The molecule has 8 heteroatoms. The minimum atomic E-state index is 0.0912. The highest BCUT2D eigenvalue weighted by Gasteiger charge is 2.11. The summed E-state index contributed by atoms with van der Waals surface area (Å²) in [5, 5.41) is 4.87. The number of halogens is 4. The lowest BCUT2D eigenvalue weighted by Gasteiger charge is -2.13. The summed E-state index contributed by atoms with van der Waals surface area (Å²) >= 11 is 23.7. The summed E-state index contributed by atoms with van der Waals surface area (Å²) in [6, 6.07) is 11.1. The van der Waals surface area contributed by atoms with Crippen molar-refractivity contribution in [3.8, 4) is 11.5 Å². The smallest absolute Gasteiger partial charge is 0.157 e. The Morgan fingerprint density at radius 3 is 2.27 bits per heavy atom. The van der Waals surface area contributed by atoms with Gasteiger partial charge in [0.2, 0.25) is 0 Å². The fraction of sp³-hybridized carbons (Fsp3) is 0.318. The second kappa shape index (κ2) is 12.3. The van der Waals surface area contributed by atoms with Crippen molar-refractivity contribution < 1.29 is 14.3 Å². The zero-order chi connectivity index (χ0) is 22.1. The number of benzene rings is 2. The van der Waals surface area contributed by atoms with Crippen LogP contribution < -0.4 is 9.47 Å². The quantitative estimate of drug-likeness (QED) is 0.252. The van der Waals surface area contributed by atoms with Crippen LogP contribution in [0, 0.1) is 0 Å². The van der Waals surface area contributed by atoms with Crippen molar-refractivity contribution in [2.24, 2.45) is 5.16 Å². The van der Waals surface area contributed by atoms with Crippen molar-refractivity contribution >= 4 is 52.1 Å². The predicted octanol–water partition coefficient (Wildman–Crippen LogP) is 7.81. The lowest BCUT2D eigenvalue weighted by molar-refractivity contribution is 0.0699. The molecule has 2 rings (SSSR count). The van der Waals surface area contributed by atoms with Gasteiger partial charge in [-0.1, -0.05) is 82.7 Å². The van der Waals surface area contributed by atoms with E-state index in [1.807, 2.05) is 38.1 Å². The molecule has 0 radical (unpaired) electrons. The third-order valence-electron chi connectivity index (χ3n) is 4.16. The number of hydrogen-bond acceptors (Lipinski definition) is 4. The number of oxime groups is 1. The highest BCUT2D eigenvalue weighted by Crippen LogP contribution is 2.37. The second-order valence-corrected chi connectivity index (χ2v) is 8.33. The molecule has 0 bridgehead atoms. The zero-order valence-corrected chi connectivity index (χ0v) is 19.9. The summed E-state index contributed by atoms with van der Waals surface area (Å²) in [6.45, 7) is 6.46. The molecule has 0 N–H and O–H groups in total. The molecule has 0 spiro atoms. The van der Waals surface area contributed by atoms with Gasteiger partial charge >= 0.3 is 0 Å². The second-order valence-electron chi connectivity index (χ2n) is 6.51. The van der Waals surface area contributed by atoms with Crippen LogP contribution >= 0.6 is 46.4 Å². The van der Waals surface area contributed by atoms with Crippen LogP contribution in [-0.2, 0) is 11.4 Å². The molecule has 2 aromatic rings. The molecular formula is C22H23Cl4NO3. The van der Waals surface area contributed by atoms with Gasteiger partial charge < -0.3 is 14.3 Å². The average molecular weight is 491 g/mol. The Morgan fingerprint density at radius 2 is 1.70 bits per heavy atom. The third-order valence-corrected chi connectivity index (χ3v) is 5.03. The summed E-state index contributed by atoms with van der Waals surface area (Å²) < 4.78 is 11.4. The highest BCUT2D eigenvalue weighted by atomic mass is 35.5. The van der Waals surface area contributed by atoms with E-state index in [0.717, 1.165) is 23.3 Å². The van der Waals surface area contributed by atoms with E-state index in [-0.39, 0.29) is 17.2 Å². The molecule has 2 aromatic carbocycles. The first-order valence-corrected chi connectivity index (χ1v) is 10.9. The van der Waals surface area contributed by atoms with Crippen molar-refractivity contribution in [3.63, 3.8) is 0 Å². The Balaban J connectivity index is 1.99. The standard InChI is InChI=1S/C22H23Cl4NO3/c1-4-14(2)30-27-15(3)17-7-5-16(6-8-17)13-29-22-19(23)11-18(12-20(22)24)28-10-9-21(25)26/h5-9,11-12,14H,4,10,13H2,1-3H3. The minimum absolute atomic E-state index is 0.0912. The molecule has 0 amide bonds. The van der Waals surface area contributed by atoms with Gasteiger partial charge in [0.25, 0.3) is 0 Å². The SMILES string of the molecule is CCC(C)ON=C(C)c1ccc(COc2c(Cl)cc(OCC=C(Cl)Cl)cc2Cl)cc1. The largest absolute Gasteiger partial charge is 0.489 e. The summed E-state index contributed by atoms with van der Waals surface area (Å²) in [5.74, 6) is 0.877. The van der Waals surface area contributed by atoms with Crippen LogP contribution in [0.25, 0.3) is 0 Å². The van der Waals surface area contributed by atoms with Gasteiger partial charge in [0.15, 0.2) is 5.75 Å². The molecule has 1 unspecified atom stereocenters. The molecule has 0 aliphatic heterocycles. The number of nitrogens with zero attached hydrogens (tertiary/aromatic N) is 1. The molecular weight excluding hydrogens is 468 g/mol. The summed E-state index contributed by atoms with van der Waals surface area (Å²) in [4.78, 5) is 5.42. The molecule has 0 heterocycles. The van der Waals surface area contributed by atoms with Crippen LogP contribution in [-0.4, -0.2) is 18.4 Å². The van der Waals surface area contributed by atoms with E-state index in [2.05, 4.69) is 12.1 Å². The average Bonchev–Trinajstić information content (AvgIpc) is 2.71. The molecule has 1 atom stereocenters. The number of ether oxygens (including phenoxy) is 2. The first-order valence-electron chi connectivity index (χ1n) is 9.35. The van der Waals surface area contributed by atoms with Crippen LogP contribution in [0.4, 0.5) is 0 Å². The van der Waals surface area contributed by atoms with E-state index in [1.165, 1.54) is 6.08 Å². The van der Waals surface area contributed by atoms with Gasteiger partial charge in [-0.25, -0.2) is 0 Å². The normalized spacial score (nSPS) is 12.3. The molecule has 0 aromatic heterocycles. The molecule has 4 nitrogen and oxygen atoms in total. The minimum Gasteiger partial charge on any atom is -0.489 e. The van der Waals surface area contributed by atoms with Crippen LogP contribution in [0.3, 0.4) is 0 Å². The van der Waals surface area contributed by atoms with Crippen molar-refractivity contribution in [2.45, 2.75) is 39.9 Å². The molecule has 30 heavy (non-hydrogen) atoms. The topological polar surface area (TPSA) is 40.0 Å². The molecule has 0 saturated carbocycles. The van der Waals surface area contributed by atoms with Crippen LogP contribution in [0.15, 0.2) is 52.1 Å². The molecule has 0 aliphatic rings. The maximum atomic E-state index is 6.29. The maximum absolute atomic E-state index is 6.29. The zero-order valence-electron chi connectivity index (χ0n) is 16.9. The van der Waals surface area contributed by atoms with Crippen LogP contribution in [0.1, 0.15) is 38.3 Å². The van der Waals surface area contributed by atoms with E-state index >= 15 is 0 Å².